The van der Waals surface area contributed by atoms with Gasteiger partial charge in [0, 0.05) is 0 Å². The average molecular weight is 1360 g/mol. The molecule has 0 unspecified atom stereocenters. The van der Waals surface area contributed by atoms with E-state index in [0.717, 1.165) is 5.56 Å². The molecule has 67 heavy (non-hydrogen) atoms. The molecule has 4 aromatic carbocycles. The number of benzene rings is 4. The van der Waals surface area contributed by atoms with Crippen LogP contribution in [0.25, 0.3) is 22.5 Å². The number of phenols is 1. The molecular weight excluding hydrogens is 1310 g/mol. The van der Waals surface area contributed by atoms with Gasteiger partial charge in [0.15, 0.2) is 5.75 Å². The van der Waals surface area contributed by atoms with E-state index in [0.29, 0.717) is 32.8 Å². The first-order chi connectivity index (χ1) is 30.8. The number of phenolic OH excluding ortho intramolecular Hbond substituents is 1. The minimum absolute atomic E-state index is 0. The van der Waals surface area contributed by atoms with Crippen LogP contribution in [0.2, 0.25) is 0 Å². The SMILES string of the molecule is CCP(CC)CC.CCP(CC)CC.O=C(O)c1ccc(-c2[c-]nn[nH]2)cc1.O=C(Oc1c(F)c(F)c(F)c(F)c1F)c1ccc(-c2[c-]nn[nH]2)cc1.Oc1c(F)c(F)c(F)c(F)c1F.[Au+].[Au+]. The number of carboxylic acids is 1. The van der Waals surface area contributed by atoms with E-state index in [4.69, 9.17) is 10.2 Å². The minimum atomic E-state index is -2.34. The van der Waals surface area contributed by atoms with Gasteiger partial charge < -0.3 is 14.9 Å². The number of aromatic nitrogens is 6. The van der Waals surface area contributed by atoms with Crippen molar-refractivity contribution in [1.29, 1.82) is 0 Å². The van der Waals surface area contributed by atoms with Crippen molar-refractivity contribution < 1.29 is 113 Å². The van der Waals surface area contributed by atoms with Crippen LogP contribution in [0.3, 0.4) is 0 Å². The normalized spacial score (nSPS) is 10.1. The third kappa shape index (κ3) is 18.2. The summed E-state index contributed by atoms with van der Waals surface area (Å²) < 4.78 is 131. The fourth-order valence-electron chi connectivity index (χ4n) is 4.92. The second-order valence-electron chi connectivity index (χ2n) is 12.5. The Morgan fingerprint density at radius 1 is 0.522 bits per heavy atom. The van der Waals surface area contributed by atoms with Gasteiger partial charge >= 0.3 is 56.7 Å². The summed E-state index contributed by atoms with van der Waals surface area (Å²) in [6.07, 6.45) is 13.7. The van der Waals surface area contributed by atoms with E-state index in [1.54, 1.807) is 12.1 Å². The molecule has 0 spiro atoms. The van der Waals surface area contributed by atoms with Gasteiger partial charge in [-0.15, -0.1) is 51.2 Å². The fraction of sp³-hybridized carbons (Fsp3) is 0.286. The third-order valence-electron chi connectivity index (χ3n) is 8.81. The van der Waals surface area contributed by atoms with Gasteiger partial charge in [0.05, 0.1) is 11.1 Å². The largest absolute Gasteiger partial charge is 1.00 e. The fourth-order valence-corrected chi connectivity index (χ4v) is 7.60. The molecule has 0 fully saturated rings. The number of nitrogens with zero attached hydrogens (tertiary/aromatic N) is 4. The summed E-state index contributed by atoms with van der Waals surface area (Å²) in [6.45, 7) is 13.7. The van der Waals surface area contributed by atoms with Crippen molar-refractivity contribution >= 4 is 27.8 Å². The van der Waals surface area contributed by atoms with Gasteiger partial charge in [-0.25, -0.2) is 46.1 Å². The van der Waals surface area contributed by atoms with Gasteiger partial charge in [-0.1, -0.05) is 100 Å². The zero-order valence-electron chi connectivity index (χ0n) is 36.0. The maximum Gasteiger partial charge on any atom is 1.00 e. The van der Waals surface area contributed by atoms with Gasteiger partial charge in [0.2, 0.25) is 63.9 Å². The van der Waals surface area contributed by atoms with Crippen molar-refractivity contribution in [3.8, 4) is 34.0 Å². The molecule has 0 saturated carbocycles. The van der Waals surface area contributed by atoms with Crippen LogP contribution in [0.4, 0.5) is 43.9 Å². The second-order valence-corrected chi connectivity index (χ2v) is 19.0. The molecule has 11 nitrogen and oxygen atoms in total. The Bertz CT molecular complexity index is 2270. The van der Waals surface area contributed by atoms with E-state index in [1.807, 2.05) is 0 Å². The van der Waals surface area contributed by atoms with Gasteiger partial charge in [-0.2, -0.15) is 17.6 Å². The minimum Gasteiger partial charge on any atom is -0.503 e. The van der Waals surface area contributed by atoms with Crippen molar-refractivity contribution in [2.45, 2.75) is 41.5 Å². The number of carboxylic acid groups (broad SMARTS) is 1. The summed E-state index contributed by atoms with van der Waals surface area (Å²) in [5, 5.41) is 36.0. The number of hydrogen-bond acceptors (Lipinski definition) is 8. The number of rotatable bonds is 11. The molecule has 6 aromatic rings. The van der Waals surface area contributed by atoms with Gasteiger partial charge in [-0.3, -0.25) is 10.2 Å². The predicted molar refractivity (Wildman–Crippen MR) is 224 cm³/mol. The van der Waals surface area contributed by atoms with E-state index < -0.39 is 81.6 Å². The molecular formula is C42H42Au2F10N6O5P2. The molecule has 0 amide bonds. The summed E-state index contributed by atoms with van der Waals surface area (Å²) in [7, 11) is 0.892. The molecule has 0 bridgehead atoms. The predicted octanol–water partition coefficient (Wildman–Crippen LogP) is 11.3. The molecule has 6 rings (SSSR count). The van der Waals surface area contributed by atoms with Crippen LogP contribution in [0, 0.1) is 70.6 Å². The number of halogens is 10. The number of H-pyrrole nitrogens is 2. The maximum atomic E-state index is 13.5. The van der Waals surface area contributed by atoms with Crippen LogP contribution >= 0.6 is 15.8 Å². The van der Waals surface area contributed by atoms with Gasteiger partial charge in [0.1, 0.15) is 0 Å². The first kappa shape index (κ1) is 62.5. The Kier molecular flexibility index (Phi) is 29.5. The first-order valence-electron chi connectivity index (χ1n) is 19.2. The Hall–Kier alpha value is -4.46. The van der Waals surface area contributed by atoms with Crippen LogP contribution in [-0.2, 0) is 44.8 Å². The first-order valence-corrected chi connectivity index (χ1v) is 23.0. The Morgan fingerprint density at radius 2 is 0.821 bits per heavy atom. The molecule has 2 heterocycles. The van der Waals surface area contributed by atoms with Crippen LogP contribution < -0.4 is 4.74 Å². The molecule has 372 valence electrons. The van der Waals surface area contributed by atoms with Crippen molar-refractivity contribution in [3.05, 3.63) is 130 Å². The Labute approximate surface area is 412 Å². The molecule has 0 aliphatic carbocycles. The number of ether oxygens (including phenoxy) is 1. The summed E-state index contributed by atoms with van der Waals surface area (Å²) in [5.74, 6) is -28.1. The summed E-state index contributed by atoms with van der Waals surface area (Å²) in [6, 6.07) is 11.7. The molecule has 0 aliphatic rings. The van der Waals surface area contributed by atoms with Gasteiger partial charge in [0.25, 0.3) is 0 Å². The molecule has 0 atom stereocenters. The van der Waals surface area contributed by atoms with E-state index in [-0.39, 0.29) is 55.9 Å². The number of carbonyl (C=O) groups excluding carboxylic acids is 1. The zero-order valence-corrected chi connectivity index (χ0v) is 42.2. The summed E-state index contributed by atoms with van der Waals surface area (Å²) in [5.41, 5.74) is 2.47. The van der Waals surface area contributed by atoms with E-state index in [2.05, 4.69) is 89.5 Å². The monoisotopic (exact) mass is 1360 g/mol. The summed E-state index contributed by atoms with van der Waals surface area (Å²) >= 11 is 0. The van der Waals surface area contributed by atoms with E-state index >= 15 is 0 Å². The topological polar surface area (TPSA) is 167 Å². The van der Waals surface area contributed by atoms with Crippen LogP contribution in [0.15, 0.2) is 48.5 Å². The number of aromatic hydroxyl groups is 1. The third-order valence-corrected chi connectivity index (χ3v) is 14.2. The average Bonchev–Trinajstić information content (AvgIpc) is 4.09. The van der Waals surface area contributed by atoms with Crippen LogP contribution in [0.5, 0.6) is 11.5 Å². The maximum absolute atomic E-state index is 13.5. The number of aromatic carboxylic acids is 1. The zero-order chi connectivity index (χ0) is 49.0. The smallest absolute Gasteiger partial charge is 0.503 e. The molecule has 25 heteroatoms. The van der Waals surface area contributed by atoms with Crippen molar-refractivity contribution in [1.82, 2.24) is 30.8 Å². The molecule has 2 aromatic heterocycles. The van der Waals surface area contributed by atoms with E-state index in [1.165, 1.54) is 73.4 Å². The summed E-state index contributed by atoms with van der Waals surface area (Å²) in [4.78, 5) is 22.4. The molecule has 0 saturated heterocycles. The van der Waals surface area contributed by atoms with Crippen molar-refractivity contribution in [3.63, 3.8) is 0 Å². The molecule has 0 aliphatic heterocycles. The number of esters is 1. The Balaban J connectivity index is 0.000000887. The number of aromatic amines is 2. The number of hydrogen-bond donors (Lipinski definition) is 4. The second kappa shape index (κ2) is 31.6. The van der Waals surface area contributed by atoms with Crippen molar-refractivity contribution in [2.24, 2.45) is 0 Å². The van der Waals surface area contributed by atoms with E-state index in [9.17, 15) is 53.5 Å². The number of nitrogens with one attached hydrogen (secondary N) is 2. The van der Waals surface area contributed by atoms with Gasteiger partial charge in [-0.05, 0) is 37.0 Å². The Morgan fingerprint density at radius 3 is 1.09 bits per heavy atom. The van der Waals surface area contributed by atoms with Crippen LogP contribution in [-0.4, -0.2) is 89.9 Å². The molecule has 4 N–H and O–H groups in total. The molecule has 0 radical (unpaired) electrons. The van der Waals surface area contributed by atoms with Crippen LogP contribution in [0.1, 0.15) is 62.3 Å². The quantitative estimate of drug-likeness (QED) is 0.0144. The van der Waals surface area contributed by atoms with Crippen molar-refractivity contribution in [2.75, 3.05) is 37.0 Å². The standard InChI is InChI=1S/C15H5F5N3O2.C9H6N3O2.C6HF5O.2C6H15P.2Au/c16-9-10(17)12(19)14(13(20)11(9)18)25-15(24)7-3-1-6(2-4-7)8-5-21-23-22-8;13-9(14)7-3-1-6(2-4-7)8-5-10-12-11-8;7-1-2(8)4(10)6(12)5(11)3(1)9;2*1-4-7(5-2)6-3;;/h1-4H,(H,21,22,23);1-4H,(H,13,14)(H,10,11,12);12H;2*4-6H2,1-3H3;;/q2*-1;;;;2*+1. The number of carbonyl (C=O) groups is 2.